The Kier molecular flexibility index (Phi) is 9.77. The average Bonchev–Trinajstić information content (AvgIpc) is 2.73. The number of rotatable bonds is 9. The highest BCUT2D eigenvalue weighted by atomic mass is 16.5. The van der Waals surface area contributed by atoms with Crippen LogP contribution in [-0.4, -0.2) is 89.3 Å². The maximum absolute atomic E-state index is 12.0. The summed E-state index contributed by atoms with van der Waals surface area (Å²) in [5.41, 5.74) is 1.22. The molecule has 1 aromatic rings. The molecule has 162 valence electrons. The van der Waals surface area contributed by atoms with E-state index in [0.29, 0.717) is 5.92 Å². The Morgan fingerprint density at radius 3 is 2.48 bits per heavy atom. The van der Waals surface area contributed by atoms with Gasteiger partial charge >= 0.3 is 0 Å². The van der Waals surface area contributed by atoms with Crippen molar-refractivity contribution in [2.24, 2.45) is 10.9 Å². The number of hydrogen-bond acceptors (Lipinski definition) is 4. The first-order chi connectivity index (χ1) is 14.0. The van der Waals surface area contributed by atoms with Crippen LogP contribution in [0.4, 0.5) is 5.69 Å². The van der Waals surface area contributed by atoms with Crippen molar-refractivity contribution in [2.75, 3.05) is 72.5 Å². The fraction of sp³-hybridized carbons (Fsp3) is 0.636. The van der Waals surface area contributed by atoms with E-state index in [2.05, 4.69) is 58.5 Å². The monoisotopic (exact) mass is 403 g/mol. The molecule has 0 radical (unpaired) electrons. The number of likely N-dealkylation sites (N-methyl/N-ethyl adjacent to an activating group) is 1. The van der Waals surface area contributed by atoms with E-state index < -0.39 is 0 Å². The lowest BCUT2D eigenvalue weighted by Crippen LogP contribution is -2.43. The zero-order chi connectivity index (χ0) is 21.1. The third kappa shape index (κ3) is 8.31. The highest BCUT2D eigenvalue weighted by molar-refractivity contribution is 5.84. The number of amides is 1. The van der Waals surface area contributed by atoms with E-state index >= 15 is 0 Å². The quantitative estimate of drug-likeness (QED) is 0.388. The molecule has 0 aromatic heterocycles. The van der Waals surface area contributed by atoms with E-state index in [1.54, 1.807) is 19.0 Å². The number of anilines is 1. The van der Waals surface area contributed by atoms with Crippen molar-refractivity contribution in [1.29, 1.82) is 0 Å². The normalized spacial score (nSPS) is 15.1. The van der Waals surface area contributed by atoms with Gasteiger partial charge in [0.15, 0.2) is 5.96 Å². The Morgan fingerprint density at radius 2 is 1.83 bits per heavy atom. The van der Waals surface area contributed by atoms with Gasteiger partial charge in [-0.1, -0.05) is 18.2 Å². The zero-order valence-electron chi connectivity index (χ0n) is 18.4. The Labute approximate surface area is 175 Å². The highest BCUT2D eigenvalue weighted by Gasteiger charge is 2.18. The molecule has 1 heterocycles. The van der Waals surface area contributed by atoms with Crippen LogP contribution < -0.4 is 10.2 Å². The van der Waals surface area contributed by atoms with E-state index in [-0.39, 0.29) is 12.5 Å². The Morgan fingerprint density at radius 1 is 1.14 bits per heavy atom. The number of aliphatic imine (C=N–C) groups is 1. The number of guanidine groups is 1. The van der Waals surface area contributed by atoms with E-state index in [0.717, 1.165) is 58.1 Å². The maximum atomic E-state index is 12.0. The molecule has 1 aliphatic rings. The molecule has 0 saturated carbocycles. The number of carbonyl (C=O) groups excluding carboxylic acids is 1. The Hall–Kier alpha value is -2.28. The second kappa shape index (κ2) is 12.3. The first-order valence-electron chi connectivity index (χ1n) is 10.5. The molecule has 1 aromatic carbocycles. The molecule has 0 aliphatic carbocycles. The van der Waals surface area contributed by atoms with Crippen molar-refractivity contribution in [3.05, 3.63) is 30.3 Å². The van der Waals surface area contributed by atoms with Crippen LogP contribution in [0.3, 0.4) is 0 Å². The van der Waals surface area contributed by atoms with E-state index in [4.69, 9.17) is 4.74 Å². The van der Waals surface area contributed by atoms with Crippen LogP contribution in [0.5, 0.6) is 0 Å². The SMILES string of the molecule is CN(C)C(=O)CN=C(NCCCN(C)c1ccccc1)N(C)CC1CCOCC1. The van der Waals surface area contributed by atoms with Crippen molar-refractivity contribution in [3.8, 4) is 0 Å². The van der Waals surface area contributed by atoms with Gasteiger partial charge < -0.3 is 24.8 Å². The van der Waals surface area contributed by atoms with Gasteiger partial charge in [-0.2, -0.15) is 0 Å². The predicted octanol–water partition coefficient (Wildman–Crippen LogP) is 1.91. The Balaban J connectivity index is 1.86. The second-order valence-corrected chi connectivity index (χ2v) is 7.90. The van der Waals surface area contributed by atoms with Crippen molar-refractivity contribution in [3.63, 3.8) is 0 Å². The zero-order valence-corrected chi connectivity index (χ0v) is 18.4. The molecule has 1 aliphatic heterocycles. The molecule has 0 spiro atoms. The van der Waals surface area contributed by atoms with Gasteiger partial charge in [-0.3, -0.25) is 4.79 Å². The summed E-state index contributed by atoms with van der Waals surface area (Å²) >= 11 is 0. The van der Waals surface area contributed by atoms with Crippen LogP contribution in [0.25, 0.3) is 0 Å². The van der Waals surface area contributed by atoms with Gasteiger partial charge in [0.25, 0.3) is 0 Å². The number of para-hydroxylation sites is 1. The first-order valence-corrected chi connectivity index (χ1v) is 10.5. The van der Waals surface area contributed by atoms with Crippen LogP contribution in [0, 0.1) is 5.92 Å². The van der Waals surface area contributed by atoms with Gasteiger partial charge in [-0.25, -0.2) is 4.99 Å². The minimum absolute atomic E-state index is 0.00702. The molecule has 0 atom stereocenters. The molecule has 1 N–H and O–H groups in total. The summed E-state index contributed by atoms with van der Waals surface area (Å²) in [5.74, 6) is 1.41. The van der Waals surface area contributed by atoms with E-state index in [1.165, 1.54) is 5.69 Å². The van der Waals surface area contributed by atoms with Crippen molar-refractivity contribution in [1.82, 2.24) is 15.1 Å². The van der Waals surface area contributed by atoms with Gasteiger partial charge in [-0.15, -0.1) is 0 Å². The van der Waals surface area contributed by atoms with Crippen LogP contribution in [-0.2, 0) is 9.53 Å². The molecular formula is C22H37N5O2. The van der Waals surface area contributed by atoms with Crippen molar-refractivity contribution >= 4 is 17.6 Å². The number of benzene rings is 1. The third-order valence-electron chi connectivity index (χ3n) is 5.25. The van der Waals surface area contributed by atoms with Gasteiger partial charge in [0.1, 0.15) is 6.54 Å². The molecule has 29 heavy (non-hydrogen) atoms. The van der Waals surface area contributed by atoms with Crippen molar-refractivity contribution in [2.45, 2.75) is 19.3 Å². The molecule has 1 saturated heterocycles. The van der Waals surface area contributed by atoms with E-state index in [1.807, 2.05) is 6.07 Å². The summed E-state index contributed by atoms with van der Waals surface area (Å²) in [4.78, 5) is 22.5. The largest absolute Gasteiger partial charge is 0.381 e. The molecule has 0 bridgehead atoms. The smallest absolute Gasteiger partial charge is 0.243 e. The molecule has 1 amide bonds. The highest BCUT2D eigenvalue weighted by Crippen LogP contribution is 2.15. The summed E-state index contributed by atoms with van der Waals surface area (Å²) in [5, 5.41) is 3.46. The lowest BCUT2D eigenvalue weighted by molar-refractivity contribution is -0.127. The maximum Gasteiger partial charge on any atom is 0.243 e. The fourth-order valence-corrected chi connectivity index (χ4v) is 3.33. The van der Waals surface area contributed by atoms with Crippen LogP contribution in [0.15, 0.2) is 35.3 Å². The van der Waals surface area contributed by atoms with Gasteiger partial charge in [-0.05, 0) is 37.3 Å². The third-order valence-corrected chi connectivity index (χ3v) is 5.25. The molecule has 7 nitrogen and oxygen atoms in total. The number of nitrogens with one attached hydrogen (secondary N) is 1. The topological polar surface area (TPSA) is 60.4 Å². The molecule has 1 fully saturated rings. The summed E-state index contributed by atoms with van der Waals surface area (Å²) in [6.07, 6.45) is 3.14. The number of carbonyl (C=O) groups is 1. The summed E-state index contributed by atoms with van der Waals surface area (Å²) < 4.78 is 5.47. The summed E-state index contributed by atoms with van der Waals surface area (Å²) in [6, 6.07) is 10.4. The van der Waals surface area contributed by atoms with Gasteiger partial charge in [0, 0.05) is 66.7 Å². The number of hydrogen-bond donors (Lipinski definition) is 1. The second-order valence-electron chi connectivity index (χ2n) is 7.90. The molecule has 0 unspecified atom stereocenters. The lowest BCUT2D eigenvalue weighted by Gasteiger charge is -2.29. The fourth-order valence-electron chi connectivity index (χ4n) is 3.33. The minimum atomic E-state index is 0.00702. The lowest BCUT2D eigenvalue weighted by atomic mass is 10.00. The standard InChI is InChI=1S/C22H37N5O2/c1-25(2)21(28)17-24-22(27(4)18-19-11-15-29-16-12-19)23-13-8-14-26(3)20-9-6-5-7-10-20/h5-7,9-10,19H,8,11-18H2,1-4H3,(H,23,24). The average molecular weight is 404 g/mol. The van der Waals surface area contributed by atoms with Gasteiger partial charge in [0.2, 0.25) is 5.91 Å². The summed E-state index contributed by atoms with van der Waals surface area (Å²) in [7, 11) is 7.68. The Bertz CT molecular complexity index is 629. The number of nitrogens with zero attached hydrogens (tertiary/aromatic N) is 4. The van der Waals surface area contributed by atoms with Crippen molar-refractivity contribution < 1.29 is 9.53 Å². The number of ether oxygens (including phenoxy) is 1. The predicted molar refractivity (Wildman–Crippen MR) is 120 cm³/mol. The molecule has 7 heteroatoms. The van der Waals surface area contributed by atoms with Crippen LogP contribution in [0.1, 0.15) is 19.3 Å². The molecule has 2 rings (SSSR count). The van der Waals surface area contributed by atoms with Gasteiger partial charge in [0.05, 0.1) is 0 Å². The van der Waals surface area contributed by atoms with E-state index in [9.17, 15) is 4.79 Å². The first kappa shape index (κ1) is 23.0. The van der Waals surface area contributed by atoms with Crippen LogP contribution >= 0.6 is 0 Å². The molecular weight excluding hydrogens is 366 g/mol. The summed E-state index contributed by atoms with van der Waals surface area (Å²) in [6.45, 7) is 4.52. The minimum Gasteiger partial charge on any atom is -0.381 e. The van der Waals surface area contributed by atoms with Crippen LogP contribution in [0.2, 0.25) is 0 Å².